The molecule has 6 nitrogen and oxygen atoms in total. The van der Waals surface area contributed by atoms with Crippen LogP contribution in [0.1, 0.15) is 18.6 Å². The van der Waals surface area contributed by atoms with Crippen molar-refractivity contribution >= 4 is 9.84 Å². The maximum Gasteiger partial charge on any atom is 0.178 e. The molecule has 0 fully saturated rings. The Kier molecular flexibility index (Phi) is 3.18. The normalized spacial score (nSPS) is 13.5. The fourth-order valence-corrected chi connectivity index (χ4v) is 2.07. The van der Waals surface area contributed by atoms with Crippen molar-refractivity contribution < 1.29 is 13.5 Å². The molecule has 0 aromatic carbocycles. The Morgan fingerprint density at radius 1 is 1.44 bits per heavy atom. The highest BCUT2D eigenvalue weighted by Crippen LogP contribution is 2.19. The maximum absolute atomic E-state index is 11.4. The molecule has 2 heterocycles. The predicted octanol–water partition coefficient (Wildman–Crippen LogP) is 0.724. The van der Waals surface area contributed by atoms with Crippen LogP contribution in [0.3, 0.4) is 0 Å². The topological polar surface area (TPSA) is 85.1 Å². The molecule has 18 heavy (non-hydrogen) atoms. The lowest BCUT2D eigenvalue weighted by atomic mass is 10.1. The Morgan fingerprint density at radius 2 is 2.17 bits per heavy atom. The Balaban J connectivity index is 2.53. The Morgan fingerprint density at radius 3 is 2.72 bits per heavy atom. The van der Waals surface area contributed by atoms with E-state index in [-0.39, 0.29) is 4.90 Å². The monoisotopic (exact) mass is 267 g/mol. The minimum atomic E-state index is -3.30. The number of hydrogen-bond donors (Lipinski definition) is 1. The summed E-state index contributed by atoms with van der Waals surface area (Å²) >= 11 is 0. The van der Waals surface area contributed by atoms with E-state index < -0.39 is 15.9 Å². The largest absolute Gasteiger partial charge is 0.389 e. The number of nitrogens with zero attached hydrogens (tertiary/aromatic N) is 3. The van der Waals surface area contributed by atoms with Crippen LogP contribution < -0.4 is 0 Å². The molecule has 0 bridgehead atoms. The molecule has 7 heteroatoms. The van der Waals surface area contributed by atoms with Crippen molar-refractivity contribution in [1.29, 1.82) is 0 Å². The summed E-state index contributed by atoms with van der Waals surface area (Å²) in [6.07, 6.45) is 4.60. The van der Waals surface area contributed by atoms with Crippen LogP contribution in [0.2, 0.25) is 0 Å². The van der Waals surface area contributed by atoms with Gasteiger partial charge in [0.2, 0.25) is 0 Å². The molecule has 0 saturated heterocycles. The second-order valence-corrected chi connectivity index (χ2v) is 6.00. The number of aliphatic hydroxyl groups is 1. The lowest BCUT2D eigenvalue weighted by Crippen LogP contribution is -2.05. The summed E-state index contributed by atoms with van der Waals surface area (Å²) in [6, 6.07) is 3.42. The summed E-state index contributed by atoms with van der Waals surface area (Å²) in [5, 5.41) is 13.6. The van der Waals surface area contributed by atoms with Crippen LogP contribution in [0.25, 0.3) is 5.82 Å². The van der Waals surface area contributed by atoms with Crippen molar-refractivity contribution in [2.75, 3.05) is 6.26 Å². The van der Waals surface area contributed by atoms with Gasteiger partial charge in [0.1, 0.15) is 4.90 Å². The van der Waals surface area contributed by atoms with Gasteiger partial charge < -0.3 is 5.11 Å². The van der Waals surface area contributed by atoms with Gasteiger partial charge in [0.05, 0.1) is 18.5 Å². The van der Waals surface area contributed by atoms with E-state index in [4.69, 9.17) is 0 Å². The molecule has 0 amide bonds. The third kappa shape index (κ3) is 2.41. The van der Waals surface area contributed by atoms with E-state index >= 15 is 0 Å². The van der Waals surface area contributed by atoms with E-state index in [1.54, 1.807) is 25.3 Å². The Hall–Kier alpha value is -1.73. The molecular weight excluding hydrogens is 254 g/mol. The smallest absolute Gasteiger partial charge is 0.178 e. The third-order valence-corrected chi connectivity index (χ3v) is 3.54. The van der Waals surface area contributed by atoms with Crippen LogP contribution >= 0.6 is 0 Å². The standard InChI is InChI=1S/C11H13N3O3S/c1-8(15)10-4-3-5-12-11(10)14-7-9(6-13-14)18(2,16)17/h3-8,15H,1-2H3. The fourth-order valence-electron chi connectivity index (χ4n) is 1.54. The fraction of sp³-hybridized carbons (Fsp3) is 0.273. The van der Waals surface area contributed by atoms with E-state index in [9.17, 15) is 13.5 Å². The molecule has 0 radical (unpaired) electrons. The van der Waals surface area contributed by atoms with Crippen LogP contribution in [0.4, 0.5) is 0 Å². The second kappa shape index (κ2) is 4.51. The molecule has 0 aliphatic rings. The number of aromatic nitrogens is 3. The zero-order chi connectivity index (χ0) is 13.3. The highest BCUT2D eigenvalue weighted by molar-refractivity contribution is 7.90. The van der Waals surface area contributed by atoms with Gasteiger partial charge >= 0.3 is 0 Å². The predicted molar refractivity (Wildman–Crippen MR) is 65.1 cm³/mol. The number of pyridine rings is 1. The van der Waals surface area contributed by atoms with Crippen molar-refractivity contribution in [3.63, 3.8) is 0 Å². The molecule has 0 aliphatic heterocycles. The number of aliphatic hydroxyl groups excluding tert-OH is 1. The van der Waals surface area contributed by atoms with Crippen molar-refractivity contribution in [1.82, 2.24) is 14.8 Å². The number of sulfone groups is 1. The molecule has 1 unspecified atom stereocenters. The minimum absolute atomic E-state index is 0.115. The van der Waals surface area contributed by atoms with Crippen LogP contribution in [-0.4, -0.2) is 34.5 Å². The summed E-state index contributed by atoms with van der Waals surface area (Å²) in [4.78, 5) is 4.23. The lowest BCUT2D eigenvalue weighted by molar-refractivity contribution is 0.198. The van der Waals surface area contributed by atoms with Gasteiger partial charge in [-0.1, -0.05) is 6.07 Å². The zero-order valence-corrected chi connectivity index (χ0v) is 10.8. The van der Waals surface area contributed by atoms with Gasteiger partial charge in [0.15, 0.2) is 15.7 Å². The minimum Gasteiger partial charge on any atom is -0.389 e. The number of rotatable bonds is 3. The van der Waals surface area contributed by atoms with E-state index in [2.05, 4.69) is 10.1 Å². The molecule has 1 N–H and O–H groups in total. The third-order valence-electron chi connectivity index (χ3n) is 2.47. The van der Waals surface area contributed by atoms with Crippen LogP contribution in [0, 0.1) is 0 Å². The first-order valence-corrected chi connectivity index (χ1v) is 7.17. The summed E-state index contributed by atoms with van der Waals surface area (Å²) in [5.74, 6) is 0.419. The van der Waals surface area contributed by atoms with Crippen molar-refractivity contribution in [2.45, 2.75) is 17.9 Å². The first-order valence-electron chi connectivity index (χ1n) is 5.27. The van der Waals surface area contributed by atoms with Gasteiger partial charge in [-0.2, -0.15) is 5.10 Å². The SMILES string of the molecule is CC(O)c1cccnc1-n1cc(S(C)(=O)=O)cn1. The molecule has 2 aromatic heterocycles. The van der Waals surface area contributed by atoms with Crippen molar-refractivity contribution in [2.24, 2.45) is 0 Å². The summed E-state index contributed by atoms with van der Waals surface area (Å²) in [7, 11) is -3.30. The van der Waals surface area contributed by atoms with Gasteiger partial charge in [-0.15, -0.1) is 0 Å². The van der Waals surface area contributed by atoms with Gasteiger partial charge in [0.25, 0.3) is 0 Å². The summed E-state index contributed by atoms with van der Waals surface area (Å²) < 4.78 is 24.1. The van der Waals surface area contributed by atoms with Crippen LogP contribution in [0.5, 0.6) is 0 Å². The zero-order valence-electron chi connectivity index (χ0n) is 9.98. The Bertz CT molecular complexity index is 662. The maximum atomic E-state index is 11.4. The van der Waals surface area contributed by atoms with E-state index in [0.717, 1.165) is 6.26 Å². The highest BCUT2D eigenvalue weighted by Gasteiger charge is 2.15. The quantitative estimate of drug-likeness (QED) is 0.885. The van der Waals surface area contributed by atoms with E-state index in [1.165, 1.54) is 17.1 Å². The van der Waals surface area contributed by atoms with Crippen molar-refractivity contribution in [3.05, 3.63) is 36.3 Å². The highest BCUT2D eigenvalue weighted by atomic mass is 32.2. The molecule has 0 spiro atoms. The molecular formula is C11H13N3O3S. The van der Waals surface area contributed by atoms with Crippen LogP contribution in [-0.2, 0) is 9.84 Å². The molecule has 0 aliphatic carbocycles. The first kappa shape index (κ1) is 12.7. The second-order valence-electron chi connectivity index (χ2n) is 3.98. The molecule has 2 rings (SSSR count). The number of hydrogen-bond acceptors (Lipinski definition) is 5. The van der Waals surface area contributed by atoms with E-state index in [0.29, 0.717) is 11.4 Å². The van der Waals surface area contributed by atoms with Gasteiger partial charge in [0, 0.05) is 18.0 Å². The molecule has 1 atom stereocenters. The average Bonchev–Trinajstić information content (AvgIpc) is 2.77. The summed E-state index contributed by atoms with van der Waals surface area (Å²) in [6.45, 7) is 1.61. The Labute approximate surface area is 105 Å². The van der Waals surface area contributed by atoms with Crippen molar-refractivity contribution in [3.8, 4) is 5.82 Å². The molecule has 2 aromatic rings. The van der Waals surface area contributed by atoms with E-state index in [1.807, 2.05) is 0 Å². The molecule has 96 valence electrons. The average molecular weight is 267 g/mol. The summed E-state index contributed by atoms with van der Waals surface area (Å²) in [5.41, 5.74) is 0.584. The lowest BCUT2D eigenvalue weighted by Gasteiger charge is -2.09. The van der Waals surface area contributed by atoms with Gasteiger partial charge in [-0.3, -0.25) is 0 Å². The first-order chi connectivity index (χ1) is 8.39. The van der Waals surface area contributed by atoms with Gasteiger partial charge in [-0.25, -0.2) is 18.1 Å². The van der Waals surface area contributed by atoms with Crippen LogP contribution in [0.15, 0.2) is 35.6 Å². The molecule has 0 saturated carbocycles. The van der Waals surface area contributed by atoms with Gasteiger partial charge in [-0.05, 0) is 13.0 Å².